The zero-order valence-electron chi connectivity index (χ0n) is 14.6. The van der Waals surface area contributed by atoms with Gasteiger partial charge in [-0.05, 0) is 49.4 Å². The van der Waals surface area contributed by atoms with Gasteiger partial charge in [-0.25, -0.2) is 0 Å². The number of thioether (sulfide) groups is 1. The van der Waals surface area contributed by atoms with E-state index in [1.54, 1.807) is 13.1 Å². The van der Waals surface area contributed by atoms with Crippen molar-refractivity contribution in [1.29, 1.82) is 5.41 Å². The highest BCUT2D eigenvalue weighted by Gasteiger charge is 2.07. The van der Waals surface area contributed by atoms with Crippen molar-refractivity contribution in [3.05, 3.63) is 54.2 Å². The average Bonchev–Trinajstić information content (AvgIpc) is 2.54. The molecule has 0 radical (unpaired) electrons. The van der Waals surface area contributed by atoms with E-state index in [2.05, 4.69) is 42.3 Å². The fourth-order valence-electron chi connectivity index (χ4n) is 2.72. The predicted molar refractivity (Wildman–Crippen MR) is 109 cm³/mol. The molecule has 3 rings (SSSR count). The van der Waals surface area contributed by atoms with Crippen LogP contribution in [-0.2, 0) is 0 Å². The van der Waals surface area contributed by atoms with Gasteiger partial charge in [0.15, 0.2) is 0 Å². The quantitative estimate of drug-likeness (QED) is 0.325. The van der Waals surface area contributed by atoms with Gasteiger partial charge >= 0.3 is 0 Å². The number of pyridine rings is 1. The van der Waals surface area contributed by atoms with E-state index in [1.807, 2.05) is 36.0 Å². The number of fused-ring (bicyclic) bond motifs is 1. The van der Waals surface area contributed by atoms with Crippen molar-refractivity contribution in [3.8, 4) is 0 Å². The predicted octanol–water partition coefficient (Wildman–Crippen LogP) is 5.45. The minimum Gasteiger partial charge on any atom is -0.398 e. The van der Waals surface area contributed by atoms with Crippen molar-refractivity contribution in [2.45, 2.75) is 30.9 Å². The first-order valence-electron chi connectivity index (χ1n) is 8.21. The maximum atomic E-state index is 7.74. The lowest BCUT2D eigenvalue weighted by Gasteiger charge is -2.13. The molecule has 0 saturated heterocycles. The summed E-state index contributed by atoms with van der Waals surface area (Å²) in [4.78, 5) is 5.69. The van der Waals surface area contributed by atoms with Gasteiger partial charge in [-0.2, -0.15) is 0 Å². The van der Waals surface area contributed by atoms with Gasteiger partial charge in [0, 0.05) is 50.1 Å². The van der Waals surface area contributed by atoms with Crippen molar-refractivity contribution in [2.75, 3.05) is 11.1 Å². The molecule has 4 N–H and O–H groups in total. The molecule has 2 aromatic carbocycles. The van der Waals surface area contributed by atoms with Gasteiger partial charge < -0.3 is 16.5 Å². The van der Waals surface area contributed by atoms with E-state index in [9.17, 15) is 0 Å². The van der Waals surface area contributed by atoms with Crippen LogP contribution in [0.4, 0.5) is 17.1 Å². The summed E-state index contributed by atoms with van der Waals surface area (Å²) >= 11 is 1.84. The van der Waals surface area contributed by atoms with Crippen LogP contribution < -0.4 is 11.1 Å². The number of hydrogen-bond donors (Lipinski definition) is 3. The summed E-state index contributed by atoms with van der Waals surface area (Å²) in [6.45, 7) is 6.11. The van der Waals surface area contributed by atoms with Crippen LogP contribution in [0.15, 0.2) is 53.6 Å². The largest absolute Gasteiger partial charge is 0.398 e. The molecule has 0 aliphatic rings. The number of nitrogens with zero attached hydrogens (tertiary/aromatic N) is 1. The molecule has 3 aromatic rings. The summed E-state index contributed by atoms with van der Waals surface area (Å²) in [5.41, 5.74) is 10.8. The third kappa shape index (κ3) is 3.94. The zero-order valence-corrected chi connectivity index (χ0v) is 15.4. The highest BCUT2D eigenvalue weighted by Crippen LogP contribution is 2.31. The van der Waals surface area contributed by atoms with Gasteiger partial charge in [-0.1, -0.05) is 13.8 Å². The molecule has 128 valence electrons. The Hall–Kier alpha value is -2.53. The second-order valence-corrected chi connectivity index (χ2v) is 7.91. The molecule has 25 heavy (non-hydrogen) atoms. The molecule has 0 amide bonds. The van der Waals surface area contributed by atoms with Gasteiger partial charge in [-0.15, -0.1) is 11.8 Å². The smallest absolute Gasteiger partial charge is 0.0723 e. The van der Waals surface area contributed by atoms with E-state index in [-0.39, 0.29) is 0 Å². The Morgan fingerprint density at radius 1 is 1.16 bits per heavy atom. The van der Waals surface area contributed by atoms with E-state index >= 15 is 0 Å². The van der Waals surface area contributed by atoms with E-state index in [4.69, 9.17) is 11.1 Å². The number of nitrogens with one attached hydrogen (secondary N) is 2. The molecular formula is C20H22N4S. The van der Waals surface area contributed by atoms with Gasteiger partial charge in [0.25, 0.3) is 0 Å². The lowest BCUT2D eigenvalue weighted by atomic mass is 10.1. The Morgan fingerprint density at radius 2 is 1.96 bits per heavy atom. The highest BCUT2D eigenvalue weighted by atomic mass is 32.2. The first-order valence-corrected chi connectivity index (χ1v) is 9.09. The molecular weight excluding hydrogens is 328 g/mol. The highest BCUT2D eigenvalue weighted by molar-refractivity contribution is 7.99. The summed E-state index contributed by atoms with van der Waals surface area (Å²) in [6, 6.07) is 14.0. The summed E-state index contributed by atoms with van der Waals surface area (Å²) < 4.78 is 0. The molecule has 0 aliphatic heterocycles. The topological polar surface area (TPSA) is 74.8 Å². The second-order valence-electron chi connectivity index (χ2n) is 6.26. The van der Waals surface area contributed by atoms with Gasteiger partial charge in [0.2, 0.25) is 0 Å². The van der Waals surface area contributed by atoms with Crippen LogP contribution in [0.25, 0.3) is 10.9 Å². The molecule has 1 heterocycles. The van der Waals surface area contributed by atoms with Gasteiger partial charge in [0.1, 0.15) is 0 Å². The number of anilines is 3. The van der Waals surface area contributed by atoms with Crippen molar-refractivity contribution < 1.29 is 0 Å². The van der Waals surface area contributed by atoms with Crippen molar-refractivity contribution in [2.24, 2.45) is 0 Å². The summed E-state index contributed by atoms with van der Waals surface area (Å²) in [5.74, 6) is 0. The zero-order chi connectivity index (χ0) is 18.0. The molecule has 5 heteroatoms. The summed E-state index contributed by atoms with van der Waals surface area (Å²) in [7, 11) is 0. The Balaban J connectivity index is 1.98. The molecule has 0 aliphatic carbocycles. The maximum absolute atomic E-state index is 7.74. The molecule has 0 atom stereocenters. The number of aromatic nitrogens is 1. The molecule has 4 nitrogen and oxygen atoms in total. The number of benzene rings is 2. The molecule has 0 unspecified atom stereocenters. The number of rotatable bonds is 5. The molecule has 0 bridgehead atoms. The normalized spacial score (nSPS) is 11.0. The third-order valence-electron chi connectivity index (χ3n) is 3.82. The fourth-order valence-corrected chi connectivity index (χ4v) is 3.59. The van der Waals surface area contributed by atoms with E-state index in [0.717, 1.165) is 27.8 Å². The van der Waals surface area contributed by atoms with Crippen LogP contribution in [-0.4, -0.2) is 15.9 Å². The Labute approximate surface area is 152 Å². The lowest BCUT2D eigenvalue weighted by molar-refractivity contribution is 1.11. The van der Waals surface area contributed by atoms with Crippen LogP contribution in [0.1, 0.15) is 26.3 Å². The van der Waals surface area contributed by atoms with Crippen LogP contribution >= 0.6 is 11.8 Å². The minimum absolute atomic E-state index is 0.466. The van der Waals surface area contributed by atoms with Crippen LogP contribution in [0.3, 0.4) is 0 Å². The molecule has 0 saturated carbocycles. The van der Waals surface area contributed by atoms with Crippen LogP contribution in [0.2, 0.25) is 0 Å². The monoisotopic (exact) mass is 350 g/mol. The SMILES string of the molecule is CC(=N)c1ccc(Nc2ccnc3ccc(SC(C)C)cc23)cc1N. The van der Waals surface area contributed by atoms with Gasteiger partial charge in [-0.3, -0.25) is 4.98 Å². The maximum Gasteiger partial charge on any atom is 0.0723 e. The molecule has 0 fully saturated rings. The first kappa shape index (κ1) is 17.3. The fraction of sp³-hybridized carbons (Fsp3) is 0.200. The van der Waals surface area contributed by atoms with E-state index in [0.29, 0.717) is 16.6 Å². The summed E-state index contributed by atoms with van der Waals surface area (Å²) in [5, 5.41) is 12.8. The number of nitrogen functional groups attached to an aromatic ring is 1. The lowest BCUT2D eigenvalue weighted by Crippen LogP contribution is -2.01. The molecule has 0 spiro atoms. The Morgan fingerprint density at radius 3 is 2.64 bits per heavy atom. The standard InChI is InChI=1S/C20H22N4S/c1-12(2)25-15-5-7-19-17(11-15)20(8-9-23-19)24-14-4-6-16(13(3)21)18(22)10-14/h4-12,21H,22H2,1-3H3,(H,23,24). The number of hydrogen-bond acceptors (Lipinski definition) is 5. The van der Waals surface area contributed by atoms with Crippen LogP contribution in [0, 0.1) is 5.41 Å². The number of nitrogens with two attached hydrogens (primary N) is 1. The van der Waals surface area contributed by atoms with Crippen molar-refractivity contribution in [3.63, 3.8) is 0 Å². The van der Waals surface area contributed by atoms with Crippen molar-refractivity contribution >= 4 is 45.4 Å². The third-order valence-corrected chi connectivity index (χ3v) is 4.82. The average molecular weight is 350 g/mol. The van der Waals surface area contributed by atoms with Gasteiger partial charge in [0.05, 0.1) is 5.52 Å². The second kappa shape index (κ2) is 7.15. The summed E-state index contributed by atoms with van der Waals surface area (Å²) in [6.07, 6.45) is 1.80. The van der Waals surface area contributed by atoms with E-state index in [1.165, 1.54) is 4.90 Å². The minimum atomic E-state index is 0.466. The Bertz CT molecular complexity index is 934. The molecule has 1 aromatic heterocycles. The Kier molecular flexibility index (Phi) is 4.95. The first-order chi connectivity index (χ1) is 11.9. The van der Waals surface area contributed by atoms with E-state index < -0.39 is 0 Å². The van der Waals surface area contributed by atoms with Crippen LogP contribution in [0.5, 0.6) is 0 Å². The van der Waals surface area contributed by atoms with Crippen molar-refractivity contribution in [1.82, 2.24) is 4.98 Å².